The van der Waals surface area contributed by atoms with Crippen molar-refractivity contribution in [1.82, 2.24) is 9.80 Å². The van der Waals surface area contributed by atoms with Crippen molar-refractivity contribution in [2.45, 2.75) is 59.3 Å². The lowest BCUT2D eigenvalue weighted by Crippen LogP contribution is -2.28. The van der Waals surface area contributed by atoms with Crippen LogP contribution in [-0.4, -0.2) is 71.2 Å². The van der Waals surface area contributed by atoms with Crippen molar-refractivity contribution >= 4 is 35.4 Å². The van der Waals surface area contributed by atoms with Gasteiger partial charge >= 0.3 is 11.9 Å². The SMILES string of the molecule is COc1cc2c(cc1OCCCOc1c(OC)cc3c(c1Cl)CN(C(=O)CC(C)C(=O)O)C3)CN(C(=O)CC(C)C(=O)O)C2. The van der Waals surface area contributed by atoms with E-state index in [9.17, 15) is 19.2 Å². The number of amides is 2. The molecule has 2 heterocycles. The van der Waals surface area contributed by atoms with Crippen LogP contribution in [0.2, 0.25) is 5.02 Å². The number of nitrogens with zero attached hydrogens (tertiary/aromatic N) is 2. The standard InChI is InChI=1S/C31H37ClN2O10/c1-17(30(37)38)8-26(35)33-13-19-10-23(41-3)24(11-20(19)14-33)43-6-5-7-44-29-25(42-4)12-21-15-34(16-22(21)28(29)32)27(36)9-18(2)31(39)40/h10-12,17-18H,5-9,13-16H2,1-4H3,(H,37,38)(H,39,40). The number of rotatable bonds is 14. The lowest BCUT2D eigenvalue weighted by Gasteiger charge is -2.17. The van der Waals surface area contributed by atoms with E-state index in [0.717, 1.165) is 22.3 Å². The number of halogens is 1. The van der Waals surface area contributed by atoms with E-state index in [4.69, 9.17) is 40.8 Å². The average molecular weight is 633 g/mol. The molecule has 44 heavy (non-hydrogen) atoms. The molecular weight excluding hydrogens is 596 g/mol. The lowest BCUT2D eigenvalue weighted by atomic mass is 10.1. The summed E-state index contributed by atoms with van der Waals surface area (Å²) in [5, 5.41) is 18.6. The smallest absolute Gasteiger partial charge is 0.306 e. The second kappa shape index (κ2) is 14.1. The number of benzene rings is 2. The molecule has 0 saturated heterocycles. The number of hydrogen-bond acceptors (Lipinski definition) is 8. The average Bonchev–Trinajstić information content (AvgIpc) is 3.61. The van der Waals surface area contributed by atoms with E-state index in [1.165, 1.54) is 28.1 Å². The van der Waals surface area contributed by atoms with Gasteiger partial charge in [-0.25, -0.2) is 0 Å². The second-order valence-electron chi connectivity index (χ2n) is 11.1. The summed E-state index contributed by atoms with van der Waals surface area (Å²) < 4.78 is 23.0. The van der Waals surface area contributed by atoms with Crippen molar-refractivity contribution in [2.24, 2.45) is 11.8 Å². The van der Waals surface area contributed by atoms with Gasteiger partial charge in [0, 0.05) is 45.4 Å². The molecule has 0 aliphatic carbocycles. The number of carbonyl (C=O) groups excluding carboxylic acids is 2. The molecule has 0 saturated carbocycles. The van der Waals surface area contributed by atoms with Gasteiger partial charge < -0.3 is 39.0 Å². The van der Waals surface area contributed by atoms with Crippen LogP contribution in [0, 0.1) is 11.8 Å². The molecule has 2 unspecified atom stereocenters. The zero-order valence-electron chi connectivity index (χ0n) is 25.2. The number of aliphatic carboxylic acids is 2. The lowest BCUT2D eigenvalue weighted by molar-refractivity contribution is -0.145. The number of hydrogen-bond donors (Lipinski definition) is 2. The van der Waals surface area contributed by atoms with E-state index in [1.807, 2.05) is 12.1 Å². The van der Waals surface area contributed by atoms with Crippen LogP contribution in [-0.2, 0) is 45.4 Å². The predicted octanol–water partition coefficient (Wildman–Crippen LogP) is 4.11. The summed E-state index contributed by atoms with van der Waals surface area (Å²) >= 11 is 6.70. The third kappa shape index (κ3) is 7.29. The fourth-order valence-electron chi connectivity index (χ4n) is 5.15. The third-order valence-corrected chi connectivity index (χ3v) is 8.22. The number of carbonyl (C=O) groups is 4. The van der Waals surface area contributed by atoms with Crippen molar-refractivity contribution in [3.63, 3.8) is 0 Å². The Labute approximate surface area is 260 Å². The maximum absolute atomic E-state index is 12.7. The summed E-state index contributed by atoms with van der Waals surface area (Å²) in [4.78, 5) is 50.8. The van der Waals surface area contributed by atoms with Crippen molar-refractivity contribution in [2.75, 3.05) is 27.4 Å². The van der Waals surface area contributed by atoms with Gasteiger partial charge in [0.1, 0.15) is 0 Å². The van der Waals surface area contributed by atoms with Gasteiger partial charge in [-0.15, -0.1) is 0 Å². The summed E-state index contributed by atoms with van der Waals surface area (Å²) in [6, 6.07) is 5.46. The van der Waals surface area contributed by atoms with E-state index >= 15 is 0 Å². The van der Waals surface area contributed by atoms with Crippen LogP contribution < -0.4 is 18.9 Å². The molecule has 2 atom stereocenters. The highest BCUT2D eigenvalue weighted by Crippen LogP contribution is 2.43. The number of carboxylic acid groups (broad SMARTS) is 2. The molecule has 0 bridgehead atoms. The van der Waals surface area contributed by atoms with Crippen LogP contribution >= 0.6 is 11.6 Å². The van der Waals surface area contributed by atoms with Crippen molar-refractivity contribution in [1.29, 1.82) is 0 Å². The van der Waals surface area contributed by atoms with E-state index in [-0.39, 0.29) is 37.8 Å². The minimum Gasteiger partial charge on any atom is -0.493 e. The molecular formula is C31H37ClN2O10. The van der Waals surface area contributed by atoms with E-state index in [2.05, 4.69) is 0 Å². The van der Waals surface area contributed by atoms with Gasteiger partial charge in [0.05, 0.1) is 44.3 Å². The molecule has 2 aromatic rings. The zero-order valence-corrected chi connectivity index (χ0v) is 25.9. The highest BCUT2D eigenvalue weighted by atomic mass is 35.5. The van der Waals surface area contributed by atoms with Gasteiger partial charge in [-0.2, -0.15) is 0 Å². The quantitative estimate of drug-likeness (QED) is 0.291. The first kappa shape index (κ1) is 32.7. The molecule has 2 aromatic carbocycles. The monoisotopic (exact) mass is 632 g/mol. The molecule has 13 heteroatoms. The Hall–Kier alpha value is -4.19. The van der Waals surface area contributed by atoms with Crippen LogP contribution in [0.15, 0.2) is 18.2 Å². The number of carboxylic acids is 2. The molecule has 4 rings (SSSR count). The molecule has 12 nitrogen and oxygen atoms in total. The summed E-state index contributed by atoms with van der Waals surface area (Å²) in [5.41, 5.74) is 3.39. The number of methoxy groups -OCH3 is 2. The van der Waals surface area contributed by atoms with Crippen LogP contribution in [0.5, 0.6) is 23.0 Å². The van der Waals surface area contributed by atoms with Gasteiger partial charge in [0.15, 0.2) is 23.0 Å². The van der Waals surface area contributed by atoms with E-state index in [0.29, 0.717) is 60.7 Å². The van der Waals surface area contributed by atoms with Gasteiger partial charge in [0.2, 0.25) is 11.8 Å². The fourth-order valence-corrected chi connectivity index (χ4v) is 5.48. The highest BCUT2D eigenvalue weighted by molar-refractivity contribution is 6.33. The Morgan fingerprint density at radius 2 is 1.23 bits per heavy atom. The molecule has 2 amide bonds. The summed E-state index contributed by atoms with van der Waals surface area (Å²) in [5.74, 6) is -2.21. The Morgan fingerprint density at radius 1 is 0.750 bits per heavy atom. The predicted molar refractivity (Wildman–Crippen MR) is 158 cm³/mol. The van der Waals surface area contributed by atoms with Crippen LogP contribution in [0.25, 0.3) is 0 Å². The Kier molecular flexibility index (Phi) is 10.5. The minimum absolute atomic E-state index is 0.0642. The Bertz CT molecular complexity index is 1450. The van der Waals surface area contributed by atoms with Gasteiger partial charge in [-0.3, -0.25) is 19.2 Å². The Morgan fingerprint density at radius 3 is 1.77 bits per heavy atom. The van der Waals surface area contributed by atoms with E-state index in [1.54, 1.807) is 15.9 Å². The molecule has 2 aliphatic heterocycles. The molecule has 2 aliphatic rings. The number of ether oxygens (including phenoxy) is 4. The largest absolute Gasteiger partial charge is 0.493 e. The summed E-state index contributed by atoms with van der Waals surface area (Å²) in [6.07, 6.45) is 0.330. The summed E-state index contributed by atoms with van der Waals surface area (Å²) in [6.45, 7) is 4.86. The molecule has 0 aromatic heterocycles. The van der Waals surface area contributed by atoms with Crippen LogP contribution in [0.4, 0.5) is 0 Å². The first-order valence-electron chi connectivity index (χ1n) is 14.3. The maximum Gasteiger partial charge on any atom is 0.306 e. The summed E-state index contributed by atoms with van der Waals surface area (Å²) in [7, 11) is 3.04. The Balaban J connectivity index is 1.33. The maximum atomic E-state index is 12.7. The normalized spacial score (nSPS) is 14.8. The van der Waals surface area contributed by atoms with E-state index < -0.39 is 23.8 Å². The topological polar surface area (TPSA) is 152 Å². The van der Waals surface area contributed by atoms with Gasteiger partial charge in [-0.1, -0.05) is 25.4 Å². The fraction of sp³-hybridized carbons (Fsp3) is 0.484. The van der Waals surface area contributed by atoms with Crippen LogP contribution in [0.1, 0.15) is 55.4 Å². The highest BCUT2D eigenvalue weighted by Gasteiger charge is 2.31. The molecule has 238 valence electrons. The first-order valence-corrected chi connectivity index (χ1v) is 14.7. The van der Waals surface area contributed by atoms with Crippen molar-refractivity contribution in [3.8, 4) is 23.0 Å². The minimum atomic E-state index is -1.02. The van der Waals surface area contributed by atoms with Crippen LogP contribution in [0.3, 0.4) is 0 Å². The first-order chi connectivity index (χ1) is 20.9. The molecule has 0 spiro atoms. The zero-order chi connectivity index (χ0) is 32.1. The van der Waals surface area contributed by atoms with Crippen molar-refractivity contribution in [3.05, 3.63) is 45.5 Å². The molecule has 0 radical (unpaired) electrons. The van der Waals surface area contributed by atoms with Crippen molar-refractivity contribution < 1.29 is 48.3 Å². The van der Waals surface area contributed by atoms with Gasteiger partial charge in [0.25, 0.3) is 0 Å². The number of fused-ring (bicyclic) bond motifs is 2. The molecule has 0 fully saturated rings. The third-order valence-electron chi connectivity index (χ3n) is 7.82. The molecule has 2 N–H and O–H groups in total. The van der Waals surface area contributed by atoms with Gasteiger partial charge in [-0.05, 0) is 40.5 Å². The second-order valence-corrected chi connectivity index (χ2v) is 11.4.